The molecule has 0 aromatic rings. The van der Waals surface area contributed by atoms with Crippen LogP contribution in [0.15, 0.2) is 0 Å². The summed E-state index contributed by atoms with van der Waals surface area (Å²) in [6.45, 7) is 6.23. The Morgan fingerprint density at radius 2 is 2.05 bits per heavy atom. The number of carbonyl (C=O) groups excluding carboxylic acids is 3. The van der Waals surface area contributed by atoms with Gasteiger partial charge in [0.15, 0.2) is 0 Å². The molecule has 2 fully saturated rings. The molecule has 1 aliphatic carbocycles. The maximum absolute atomic E-state index is 12.4. The molecule has 4 amide bonds. The Bertz CT molecular complexity index is 445. The van der Waals surface area contributed by atoms with Gasteiger partial charge < -0.3 is 10.2 Å². The van der Waals surface area contributed by atoms with Gasteiger partial charge >= 0.3 is 6.03 Å². The van der Waals surface area contributed by atoms with Gasteiger partial charge in [0.05, 0.1) is 0 Å². The average Bonchev–Trinajstić information content (AvgIpc) is 3.14. The van der Waals surface area contributed by atoms with Crippen molar-refractivity contribution in [3.05, 3.63) is 0 Å². The normalized spacial score (nSPS) is 26.1. The lowest BCUT2D eigenvalue weighted by molar-refractivity contribution is -0.138. The van der Waals surface area contributed by atoms with Crippen LogP contribution in [0.3, 0.4) is 0 Å². The van der Waals surface area contributed by atoms with Crippen molar-refractivity contribution in [3.63, 3.8) is 0 Å². The van der Waals surface area contributed by atoms with Gasteiger partial charge in [-0.1, -0.05) is 13.8 Å². The molecular formula is C14H23N3O3. The van der Waals surface area contributed by atoms with Crippen LogP contribution in [0.5, 0.6) is 0 Å². The summed E-state index contributed by atoms with van der Waals surface area (Å²) in [4.78, 5) is 39.0. The number of nitrogens with zero attached hydrogens (tertiary/aromatic N) is 2. The van der Waals surface area contributed by atoms with E-state index in [9.17, 15) is 14.4 Å². The fourth-order valence-electron chi connectivity index (χ4n) is 2.70. The van der Waals surface area contributed by atoms with Crippen LogP contribution in [-0.4, -0.2) is 53.3 Å². The zero-order valence-electron chi connectivity index (χ0n) is 12.6. The Labute approximate surface area is 119 Å². The molecule has 2 rings (SSSR count). The second-order valence-electron chi connectivity index (χ2n) is 6.47. The Kier molecular flexibility index (Phi) is 3.75. The van der Waals surface area contributed by atoms with Crippen LogP contribution in [0.25, 0.3) is 0 Å². The lowest BCUT2D eigenvalue weighted by atomic mass is 9.96. The highest BCUT2D eigenvalue weighted by molar-refractivity contribution is 6.09. The van der Waals surface area contributed by atoms with E-state index in [1.54, 1.807) is 18.9 Å². The highest BCUT2D eigenvalue weighted by Crippen LogP contribution is 2.42. The summed E-state index contributed by atoms with van der Waals surface area (Å²) in [5.74, 6) is 0.0924. The van der Waals surface area contributed by atoms with Gasteiger partial charge in [-0.05, 0) is 31.6 Å². The van der Waals surface area contributed by atoms with Crippen molar-refractivity contribution >= 4 is 17.8 Å². The number of amides is 4. The molecule has 0 aromatic heterocycles. The van der Waals surface area contributed by atoms with Crippen molar-refractivity contribution in [1.82, 2.24) is 15.1 Å². The minimum absolute atomic E-state index is 0.170. The van der Waals surface area contributed by atoms with E-state index >= 15 is 0 Å². The van der Waals surface area contributed by atoms with Crippen molar-refractivity contribution in [1.29, 1.82) is 0 Å². The first kappa shape index (κ1) is 14.8. The van der Waals surface area contributed by atoms with Crippen LogP contribution in [0, 0.1) is 11.8 Å². The van der Waals surface area contributed by atoms with E-state index in [0.717, 1.165) is 17.7 Å². The molecule has 0 spiro atoms. The molecule has 1 unspecified atom stereocenters. The van der Waals surface area contributed by atoms with E-state index in [-0.39, 0.29) is 24.3 Å². The topological polar surface area (TPSA) is 69.7 Å². The van der Waals surface area contributed by atoms with Gasteiger partial charge in [-0.25, -0.2) is 4.79 Å². The molecule has 20 heavy (non-hydrogen) atoms. The van der Waals surface area contributed by atoms with Crippen molar-refractivity contribution in [2.24, 2.45) is 11.8 Å². The van der Waals surface area contributed by atoms with E-state index in [0.29, 0.717) is 12.5 Å². The van der Waals surface area contributed by atoms with Crippen LogP contribution in [-0.2, 0) is 9.59 Å². The van der Waals surface area contributed by atoms with Crippen LogP contribution in [0.4, 0.5) is 4.79 Å². The zero-order valence-corrected chi connectivity index (χ0v) is 12.6. The molecule has 1 saturated carbocycles. The maximum atomic E-state index is 12.4. The quantitative estimate of drug-likeness (QED) is 0.759. The summed E-state index contributed by atoms with van der Waals surface area (Å²) in [5.41, 5.74) is -0.812. The molecule has 1 saturated heterocycles. The molecule has 2 aliphatic rings. The molecule has 112 valence electrons. The van der Waals surface area contributed by atoms with Crippen molar-refractivity contribution in [2.45, 2.75) is 39.2 Å². The second-order valence-corrected chi connectivity index (χ2v) is 6.47. The number of urea groups is 1. The minimum Gasteiger partial charge on any atom is -0.344 e. The summed E-state index contributed by atoms with van der Waals surface area (Å²) >= 11 is 0. The largest absolute Gasteiger partial charge is 0.344 e. The van der Waals surface area contributed by atoms with Gasteiger partial charge in [-0.3, -0.25) is 14.5 Å². The van der Waals surface area contributed by atoms with Crippen molar-refractivity contribution in [2.75, 3.05) is 20.1 Å². The molecule has 0 radical (unpaired) electrons. The fraction of sp³-hybridized carbons (Fsp3) is 0.786. The van der Waals surface area contributed by atoms with E-state index in [1.807, 2.05) is 13.8 Å². The van der Waals surface area contributed by atoms with E-state index < -0.39 is 11.6 Å². The predicted octanol–water partition coefficient (Wildman–Crippen LogP) is 0.821. The highest BCUT2D eigenvalue weighted by atomic mass is 16.2. The average molecular weight is 281 g/mol. The molecule has 1 aliphatic heterocycles. The molecule has 6 heteroatoms. The molecule has 0 aromatic carbocycles. The first-order valence-corrected chi connectivity index (χ1v) is 7.13. The third kappa shape index (κ3) is 2.64. The first-order valence-electron chi connectivity index (χ1n) is 7.13. The van der Waals surface area contributed by atoms with E-state index in [2.05, 4.69) is 5.32 Å². The van der Waals surface area contributed by atoms with Crippen LogP contribution in [0.2, 0.25) is 0 Å². The van der Waals surface area contributed by atoms with Gasteiger partial charge in [0.1, 0.15) is 12.1 Å². The summed E-state index contributed by atoms with van der Waals surface area (Å²) in [6, 6.07) is -0.448. The highest BCUT2D eigenvalue weighted by Gasteiger charge is 2.56. The third-order valence-corrected chi connectivity index (χ3v) is 4.05. The molecule has 6 nitrogen and oxygen atoms in total. The zero-order chi connectivity index (χ0) is 15.1. The number of imide groups is 1. The molecular weight excluding hydrogens is 258 g/mol. The second kappa shape index (κ2) is 5.07. The molecule has 0 bridgehead atoms. The Hall–Kier alpha value is -1.59. The Balaban J connectivity index is 2.01. The lowest BCUT2D eigenvalue weighted by Crippen LogP contribution is -2.47. The number of rotatable bonds is 5. The number of carbonyl (C=O) groups is 3. The van der Waals surface area contributed by atoms with Crippen LogP contribution < -0.4 is 5.32 Å². The summed E-state index contributed by atoms with van der Waals surface area (Å²) in [6.07, 6.45) is 1.91. The van der Waals surface area contributed by atoms with Gasteiger partial charge in [0, 0.05) is 13.6 Å². The maximum Gasteiger partial charge on any atom is 0.325 e. The number of hydrogen-bond acceptors (Lipinski definition) is 3. The summed E-state index contributed by atoms with van der Waals surface area (Å²) < 4.78 is 0. The lowest BCUT2D eigenvalue weighted by Gasteiger charge is -2.23. The Morgan fingerprint density at radius 1 is 1.45 bits per heavy atom. The number of likely N-dealkylation sites (N-methyl/N-ethyl adjacent to an activating group) is 1. The van der Waals surface area contributed by atoms with Gasteiger partial charge in [-0.2, -0.15) is 0 Å². The molecule has 1 N–H and O–H groups in total. The van der Waals surface area contributed by atoms with Crippen molar-refractivity contribution < 1.29 is 14.4 Å². The minimum atomic E-state index is -0.812. The van der Waals surface area contributed by atoms with Gasteiger partial charge in [0.25, 0.3) is 5.91 Å². The summed E-state index contributed by atoms with van der Waals surface area (Å²) in [7, 11) is 1.70. The first-order chi connectivity index (χ1) is 9.25. The molecule has 1 heterocycles. The van der Waals surface area contributed by atoms with Crippen molar-refractivity contribution in [3.8, 4) is 0 Å². The number of nitrogens with one attached hydrogen (secondary N) is 1. The Morgan fingerprint density at radius 3 is 2.55 bits per heavy atom. The predicted molar refractivity (Wildman–Crippen MR) is 73.8 cm³/mol. The van der Waals surface area contributed by atoms with Crippen LogP contribution >= 0.6 is 0 Å². The van der Waals surface area contributed by atoms with E-state index in [4.69, 9.17) is 0 Å². The molecule has 1 atom stereocenters. The fourth-order valence-corrected chi connectivity index (χ4v) is 2.70. The third-order valence-electron chi connectivity index (χ3n) is 4.05. The van der Waals surface area contributed by atoms with E-state index in [1.165, 1.54) is 0 Å². The smallest absolute Gasteiger partial charge is 0.325 e. The standard InChI is InChI=1S/C14H23N3O3/c1-9(2)7-16(4)11(18)8-17-12(19)14(3,10-5-6-10)15-13(17)20/h9-10H,5-8H2,1-4H3,(H,15,20). The van der Waals surface area contributed by atoms with Gasteiger partial charge in [0.2, 0.25) is 5.91 Å². The summed E-state index contributed by atoms with van der Waals surface area (Å²) in [5, 5.41) is 2.74. The van der Waals surface area contributed by atoms with Gasteiger partial charge in [-0.15, -0.1) is 0 Å². The van der Waals surface area contributed by atoms with Crippen LogP contribution in [0.1, 0.15) is 33.6 Å². The monoisotopic (exact) mass is 281 g/mol. The SMILES string of the molecule is CC(C)CN(C)C(=O)CN1C(=O)NC(C)(C2CC2)C1=O. The number of hydrogen-bond donors (Lipinski definition) is 1.